The second kappa shape index (κ2) is 10.8. The molecule has 0 bridgehead atoms. The standard InChI is InChI=1S/C27H32N2O6/c1-4-28(5-2)13-14-29-24(18-7-10-20(11-8-18)33-6-3)23(26(31)27(29)32)25(30)19-9-12-21-22(17-19)35-16-15-34-21/h7-12,17,24,30H,4-6,13-16H2,1-3H3/b25-23+. The topological polar surface area (TPSA) is 88.5 Å². The fourth-order valence-corrected chi connectivity index (χ4v) is 4.51. The summed E-state index contributed by atoms with van der Waals surface area (Å²) in [6, 6.07) is 11.6. The lowest BCUT2D eigenvalue weighted by molar-refractivity contribution is -0.140. The molecule has 1 fully saturated rings. The molecule has 8 nitrogen and oxygen atoms in total. The summed E-state index contributed by atoms with van der Waals surface area (Å²) in [5, 5.41) is 11.3. The second-order valence-electron chi connectivity index (χ2n) is 8.38. The molecule has 1 amide bonds. The number of ether oxygens (including phenoxy) is 3. The van der Waals surface area contributed by atoms with Crippen molar-refractivity contribution in [2.24, 2.45) is 0 Å². The quantitative estimate of drug-likeness (QED) is 0.333. The monoisotopic (exact) mass is 480 g/mol. The molecule has 2 aliphatic heterocycles. The van der Waals surface area contributed by atoms with Crippen LogP contribution < -0.4 is 14.2 Å². The Kier molecular flexibility index (Phi) is 7.60. The van der Waals surface area contributed by atoms with Crippen LogP contribution in [-0.2, 0) is 9.59 Å². The number of carbonyl (C=O) groups is 2. The zero-order valence-electron chi connectivity index (χ0n) is 20.5. The summed E-state index contributed by atoms with van der Waals surface area (Å²) in [6.45, 7) is 10.1. The molecule has 1 saturated heterocycles. The van der Waals surface area contributed by atoms with E-state index in [0.29, 0.717) is 55.7 Å². The predicted octanol–water partition coefficient (Wildman–Crippen LogP) is 3.62. The maximum Gasteiger partial charge on any atom is 0.295 e. The van der Waals surface area contributed by atoms with Crippen molar-refractivity contribution in [3.63, 3.8) is 0 Å². The number of likely N-dealkylation sites (N-methyl/N-ethyl adjacent to an activating group) is 1. The van der Waals surface area contributed by atoms with Crippen LogP contribution in [0.3, 0.4) is 0 Å². The Morgan fingerprint density at radius 1 is 1.03 bits per heavy atom. The minimum atomic E-state index is -0.713. The van der Waals surface area contributed by atoms with E-state index in [-0.39, 0.29) is 11.3 Å². The number of aliphatic hydroxyl groups excluding tert-OH is 1. The van der Waals surface area contributed by atoms with Gasteiger partial charge in [-0.1, -0.05) is 26.0 Å². The first-order chi connectivity index (χ1) is 17.0. The zero-order valence-corrected chi connectivity index (χ0v) is 20.5. The van der Waals surface area contributed by atoms with Crippen molar-refractivity contribution in [2.45, 2.75) is 26.8 Å². The minimum absolute atomic E-state index is 0.0652. The summed E-state index contributed by atoms with van der Waals surface area (Å²) in [6.07, 6.45) is 0. The lowest BCUT2D eigenvalue weighted by Gasteiger charge is -2.28. The van der Waals surface area contributed by atoms with E-state index in [1.807, 2.05) is 31.2 Å². The van der Waals surface area contributed by atoms with Crippen molar-refractivity contribution < 1.29 is 28.9 Å². The van der Waals surface area contributed by atoms with Crippen molar-refractivity contribution >= 4 is 17.4 Å². The van der Waals surface area contributed by atoms with Crippen LogP contribution in [-0.4, -0.2) is 72.6 Å². The predicted molar refractivity (Wildman–Crippen MR) is 132 cm³/mol. The molecule has 2 aromatic rings. The molecule has 8 heteroatoms. The number of hydrogen-bond acceptors (Lipinski definition) is 7. The van der Waals surface area contributed by atoms with Gasteiger partial charge in [-0.15, -0.1) is 0 Å². The van der Waals surface area contributed by atoms with Crippen LogP contribution in [0.5, 0.6) is 17.2 Å². The number of nitrogens with zero attached hydrogens (tertiary/aromatic N) is 2. The number of carbonyl (C=O) groups excluding carboxylic acids is 2. The van der Waals surface area contributed by atoms with E-state index in [9.17, 15) is 14.7 Å². The highest BCUT2D eigenvalue weighted by Crippen LogP contribution is 2.41. The summed E-state index contributed by atoms with van der Waals surface area (Å²) < 4.78 is 16.8. The van der Waals surface area contributed by atoms with Gasteiger partial charge in [0, 0.05) is 18.7 Å². The molecule has 2 aliphatic rings. The Hall–Kier alpha value is -3.52. The summed E-state index contributed by atoms with van der Waals surface area (Å²) in [5.74, 6) is 0.225. The van der Waals surface area contributed by atoms with Gasteiger partial charge in [0.15, 0.2) is 11.5 Å². The van der Waals surface area contributed by atoms with Gasteiger partial charge in [-0.05, 0) is 55.9 Å². The molecule has 1 atom stereocenters. The number of fused-ring (bicyclic) bond motifs is 1. The van der Waals surface area contributed by atoms with Crippen molar-refractivity contribution in [2.75, 3.05) is 46.0 Å². The van der Waals surface area contributed by atoms with Crippen LogP contribution in [0.1, 0.15) is 37.9 Å². The lowest BCUT2D eigenvalue weighted by Crippen LogP contribution is -2.38. The number of aliphatic hydroxyl groups is 1. The number of hydrogen-bond donors (Lipinski definition) is 1. The highest BCUT2D eigenvalue weighted by molar-refractivity contribution is 6.46. The second-order valence-corrected chi connectivity index (χ2v) is 8.38. The van der Waals surface area contributed by atoms with Gasteiger partial charge in [-0.2, -0.15) is 0 Å². The minimum Gasteiger partial charge on any atom is -0.507 e. The molecule has 2 heterocycles. The highest BCUT2D eigenvalue weighted by atomic mass is 16.6. The van der Waals surface area contributed by atoms with Gasteiger partial charge in [-0.25, -0.2) is 0 Å². The molecular weight excluding hydrogens is 448 g/mol. The molecule has 1 N–H and O–H groups in total. The molecule has 0 saturated carbocycles. The zero-order chi connectivity index (χ0) is 24.9. The van der Waals surface area contributed by atoms with Gasteiger partial charge in [0.2, 0.25) is 0 Å². The molecule has 4 rings (SSSR count). The molecule has 0 radical (unpaired) electrons. The van der Waals surface area contributed by atoms with E-state index < -0.39 is 17.7 Å². The van der Waals surface area contributed by atoms with Gasteiger partial charge >= 0.3 is 0 Å². The third-order valence-corrected chi connectivity index (χ3v) is 6.41. The van der Waals surface area contributed by atoms with E-state index in [4.69, 9.17) is 14.2 Å². The number of ketones is 1. The van der Waals surface area contributed by atoms with Crippen molar-refractivity contribution in [3.8, 4) is 17.2 Å². The van der Waals surface area contributed by atoms with Crippen LogP contribution in [0.15, 0.2) is 48.0 Å². The van der Waals surface area contributed by atoms with Gasteiger partial charge in [0.05, 0.1) is 18.2 Å². The maximum atomic E-state index is 13.3. The number of Topliss-reactive ketones (excluding diaryl/α,β-unsaturated/α-hetero) is 1. The van der Waals surface area contributed by atoms with Crippen molar-refractivity contribution in [1.82, 2.24) is 9.80 Å². The summed E-state index contributed by atoms with van der Waals surface area (Å²) in [5.41, 5.74) is 1.19. The maximum absolute atomic E-state index is 13.3. The van der Waals surface area contributed by atoms with Gasteiger partial charge < -0.3 is 29.1 Å². The molecule has 1 unspecified atom stereocenters. The SMILES string of the molecule is CCOc1ccc(C2/C(=C(\O)c3ccc4c(c3)OCCO4)C(=O)C(=O)N2CCN(CC)CC)cc1. The number of benzene rings is 2. The largest absolute Gasteiger partial charge is 0.507 e. The Morgan fingerprint density at radius 3 is 2.37 bits per heavy atom. The molecule has 0 spiro atoms. The molecule has 2 aromatic carbocycles. The first kappa shape index (κ1) is 24.6. The number of likely N-dealkylation sites (tertiary alicyclic amines) is 1. The Bertz CT molecular complexity index is 1110. The van der Waals surface area contributed by atoms with E-state index in [1.54, 1.807) is 23.1 Å². The Labute approximate surface area is 205 Å². The first-order valence-electron chi connectivity index (χ1n) is 12.1. The number of amides is 1. The highest BCUT2D eigenvalue weighted by Gasteiger charge is 2.46. The van der Waals surface area contributed by atoms with Gasteiger partial charge in [0.25, 0.3) is 11.7 Å². The molecule has 186 valence electrons. The molecule has 0 aliphatic carbocycles. The summed E-state index contributed by atoms with van der Waals surface area (Å²) in [4.78, 5) is 30.2. The van der Waals surface area contributed by atoms with Gasteiger partial charge in [-0.3, -0.25) is 9.59 Å². The summed E-state index contributed by atoms with van der Waals surface area (Å²) >= 11 is 0. The van der Waals surface area contributed by atoms with E-state index >= 15 is 0 Å². The average Bonchev–Trinajstić information content (AvgIpc) is 3.14. The Morgan fingerprint density at radius 2 is 1.71 bits per heavy atom. The number of rotatable bonds is 9. The van der Waals surface area contributed by atoms with Crippen LogP contribution in [0, 0.1) is 0 Å². The first-order valence-corrected chi connectivity index (χ1v) is 12.1. The van der Waals surface area contributed by atoms with Gasteiger partial charge in [0.1, 0.15) is 24.7 Å². The smallest absolute Gasteiger partial charge is 0.295 e. The third-order valence-electron chi connectivity index (χ3n) is 6.41. The molecule has 0 aromatic heterocycles. The van der Waals surface area contributed by atoms with Crippen LogP contribution in [0.4, 0.5) is 0 Å². The van der Waals surface area contributed by atoms with E-state index in [2.05, 4.69) is 18.7 Å². The third kappa shape index (κ3) is 4.98. The Balaban J connectivity index is 1.77. The fraction of sp³-hybridized carbons (Fsp3) is 0.407. The van der Waals surface area contributed by atoms with Crippen LogP contribution in [0.25, 0.3) is 5.76 Å². The van der Waals surface area contributed by atoms with Crippen molar-refractivity contribution in [1.29, 1.82) is 0 Å². The average molecular weight is 481 g/mol. The fourth-order valence-electron chi connectivity index (χ4n) is 4.51. The van der Waals surface area contributed by atoms with E-state index in [1.165, 1.54) is 0 Å². The van der Waals surface area contributed by atoms with Crippen molar-refractivity contribution in [3.05, 3.63) is 59.2 Å². The normalized spacial score (nSPS) is 18.9. The molecule has 35 heavy (non-hydrogen) atoms. The van der Waals surface area contributed by atoms with Crippen LogP contribution >= 0.6 is 0 Å². The molecular formula is C27H32N2O6. The van der Waals surface area contributed by atoms with Crippen LogP contribution in [0.2, 0.25) is 0 Å². The van der Waals surface area contributed by atoms with E-state index in [0.717, 1.165) is 18.7 Å². The lowest BCUT2D eigenvalue weighted by atomic mass is 9.95. The summed E-state index contributed by atoms with van der Waals surface area (Å²) in [7, 11) is 0.